The predicted octanol–water partition coefficient (Wildman–Crippen LogP) is 2.47. The van der Waals surface area contributed by atoms with Crippen LogP contribution in [0.5, 0.6) is 0 Å². The number of ether oxygens (including phenoxy) is 2. The second kappa shape index (κ2) is 6.75. The second-order valence-electron chi connectivity index (χ2n) is 7.06. The summed E-state index contributed by atoms with van der Waals surface area (Å²) in [6.07, 6.45) is 9.57. The highest BCUT2D eigenvalue weighted by atomic mass is 32.2. The molecule has 1 aliphatic carbocycles. The zero-order valence-corrected chi connectivity index (χ0v) is 14.1. The van der Waals surface area contributed by atoms with Gasteiger partial charge >= 0.3 is 0 Å². The van der Waals surface area contributed by atoms with Gasteiger partial charge in [-0.2, -0.15) is 11.8 Å². The number of nitrogens with one attached hydrogen (secondary N) is 1. The Labute approximate surface area is 132 Å². The normalized spacial score (nSPS) is 37.7. The van der Waals surface area contributed by atoms with Crippen molar-refractivity contribution in [2.45, 2.75) is 68.6 Å². The molecule has 0 aromatic rings. The van der Waals surface area contributed by atoms with Gasteiger partial charge in [-0.1, -0.05) is 19.3 Å². The van der Waals surface area contributed by atoms with Crippen molar-refractivity contribution in [1.29, 1.82) is 0 Å². The van der Waals surface area contributed by atoms with Gasteiger partial charge in [-0.3, -0.25) is 11.3 Å². The quantitative estimate of drug-likeness (QED) is 0.617. The summed E-state index contributed by atoms with van der Waals surface area (Å²) in [5.41, 5.74) is 3.20. The van der Waals surface area contributed by atoms with Gasteiger partial charge in [0.25, 0.3) is 0 Å². The molecular formula is C16H30N2O2S. The lowest BCUT2D eigenvalue weighted by molar-refractivity contribution is -0.126. The van der Waals surface area contributed by atoms with E-state index >= 15 is 0 Å². The van der Waals surface area contributed by atoms with Crippen molar-refractivity contribution in [2.75, 3.05) is 25.2 Å². The van der Waals surface area contributed by atoms with E-state index in [4.69, 9.17) is 15.3 Å². The fourth-order valence-corrected chi connectivity index (χ4v) is 6.10. The van der Waals surface area contributed by atoms with Crippen LogP contribution in [0.1, 0.15) is 51.4 Å². The first-order chi connectivity index (χ1) is 10.2. The van der Waals surface area contributed by atoms with Crippen LogP contribution in [-0.4, -0.2) is 42.5 Å². The number of methoxy groups -OCH3 is 1. The van der Waals surface area contributed by atoms with E-state index in [0.717, 1.165) is 38.0 Å². The van der Waals surface area contributed by atoms with Crippen LogP contribution in [-0.2, 0) is 9.47 Å². The van der Waals surface area contributed by atoms with Gasteiger partial charge in [-0.05, 0) is 43.8 Å². The van der Waals surface area contributed by atoms with Crippen molar-refractivity contribution < 1.29 is 9.47 Å². The number of nitrogens with two attached hydrogens (primary N) is 1. The van der Waals surface area contributed by atoms with E-state index in [-0.39, 0.29) is 17.2 Å². The third-order valence-corrected chi connectivity index (χ3v) is 7.15. The number of hydrazine groups is 1. The molecule has 3 unspecified atom stereocenters. The Bertz CT molecular complexity index is 341. The molecule has 2 saturated heterocycles. The summed E-state index contributed by atoms with van der Waals surface area (Å²) in [5.74, 6) is 8.97. The van der Waals surface area contributed by atoms with Crippen LogP contribution in [0, 0.1) is 5.92 Å². The number of hydrogen-bond donors (Lipinski definition) is 2. The largest absolute Gasteiger partial charge is 0.377 e. The van der Waals surface area contributed by atoms with Crippen molar-refractivity contribution in [3.8, 4) is 0 Å². The lowest BCUT2D eigenvalue weighted by atomic mass is 9.70. The molecule has 3 rings (SSSR count). The lowest BCUT2D eigenvalue weighted by Crippen LogP contribution is -2.61. The van der Waals surface area contributed by atoms with E-state index in [1.807, 2.05) is 18.9 Å². The molecule has 0 amide bonds. The van der Waals surface area contributed by atoms with Gasteiger partial charge < -0.3 is 9.47 Å². The Morgan fingerprint density at radius 2 is 2.10 bits per heavy atom. The van der Waals surface area contributed by atoms with E-state index in [1.165, 1.54) is 31.4 Å². The molecule has 5 heteroatoms. The summed E-state index contributed by atoms with van der Waals surface area (Å²) in [5, 5.41) is 0. The SMILES string of the molecule is COC1(C(NN)C2CCOC3(CCSC3)C2)CCCCC1. The van der Waals surface area contributed by atoms with Crippen LogP contribution in [0.25, 0.3) is 0 Å². The molecule has 0 radical (unpaired) electrons. The Morgan fingerprint density at radius 3 is 2.71 bits per heavy atom. The summed E-state index contributed by atoms with van der Waals surface area (Å²) < 4.78 is 12.2. The van der Waals surface area contributed by atoms with Gasteiger partial charge in [-0.25, -0.2) is 0 Å². The zero-order chi connectivity index (χ0) is 14.8. The first-order valence-corrected chi connectivity index (χ1v) is 9.62. The second-order valence-corrected chi connectivity index (χ2v) is 8.17. The first-order valence-electron chi connectivity index (χ1n) is 8.47. The Hall–Kier alpha value is 0.190. The van der Waals surface area contributed by atoms with E-state index in [9.17, 15) is 0 Å². The molecule has 1 saturated carbocycles. The summed E-state index contributed by atoms with van der Waals surface area (Å²) in [6.45, 7) is 0.878. The highest BCUT2D eigenvalue weighted by Gasteiger charge is 2.48. The van der Waals surface area contributed by atoms with E-state index < -0.39 is 0 Å². The topological polar surface area (TPSA) is 56.5 Å². The third-order valence-electron chi connectivity index (χ3n) is 5.92. The van der Waals surface area contributed by atoms with Crippen LogP contribution >= 0.6 is 11.8 Å². The minimum atomic E-state index is -0.0675. The van der Waals surface area contributed by atoms with Crippen LogP contribution < -0.4 is 11.3 Å². The number of rotatable bonds is 4. The molecule has 0 aromatic carbocycles. The Morgan fingerprint density at radius 1 is 1.29 bits per heavy atom. The molecule has 122 valence electrons. The van der Waals surface area contributed by atoms with Crippen LogP contribution in [0.2, 0.25) is 0 Å². The highest BCUT2D eigenvalue weighted by Crippen LogP contribution is 2.45. The molecule has 3 fully saturated rings. The van der Waals surface area contributed by atoms with Crippen molar-refractivity contribution >= 4 is 11.8 Å². The smallest absolute Gasteiger partial charge is 0.0847 e. The summed E-state index contributed by atoms with van der Waals surface area (Å²) in [6, 6.07) is 0.258. The Kier molecular flexibility index (Phi) is 5.16. The van der Waals surface area contributed by atoms with Crippen molar-refractivity contribution in [3.63, 3.8) is 0 Å². The van der Waals surface area contributed by atoms with Crippen LogP contribution in [0.15, 0.2) is 0 Å². The third kappa shape index (κ3) is 3.13. The lowest BCUT2D eigenvalue weighted by Gasteiger charge is -2.49. The molecule has 2 heterocycles. The summed E-state index contributed by atoms with van der Waals surface area (Å²) in [4.78, 5) is 0. The molecular weight excluding hydrogens is 284 g/mol. The average Bonchev–Trinajstić information content (AvgIpc) is 2.97. The highest BCUT2D eigenvalue weighted by molar-refractivity contribution is 7.99. The van der Waals surface area contributed by atoms with Gasteiger partial charge in [0.2, 0.25) is 0 Å². The maximum atomic E-state index is 6.17. The van der Waals surface area contributed by atoms with Crippen LogP contribution in [0.4, 0.5) is 0 Å². The van der Waals surface area contributed by atoms with Crippen molar-refractivity contribution in [2.24, 2.45) is 11.8 Å². The molecule has 2 aliphatic heterocycles. The fraction of sp³-hybridized carbons (Fsp3) is 1.00. The first kappa shape index (κ1) is 16.1. The standard InChI is InChI=1S/C16H30N2O2S/c1-19-16(6-3-2-4-7-16)14(18-17)13-5-9-20-15(11-13)8-10-21-12-15/h13-14,18H,2-12,17H2,1H3. The summed E-state index contributed by atoms with van der Waals surface area (Å²) >= 11 is 2.03. The molecule has 21 heavy (non-hydrogen) atoms. The molecule has 1 spiro atoms. The molecule has 3 N–H and O–H groups in total. The van der Waals surface area contributed by atoms with E-state index in [2.05, 4.69) is 5.43 Å². The van der Waals surface area contributed by atoms with Crippen molar-refractivity contribution in [1.82, 2.24) is 5.43 Å². The van der Waals surface area contributed by atoms with Crippen LogP contribution in [0.3, 0.4) is 0 Å². The molecule has 3 aliphatic rings. The molecule has 0 aromatic heterocycles. The molecule has 0 bridgehead atoms. The van der Waals surface area contributed by atoms with Gasteiger partial charge in [-0.15, -0.1) is 0 Å². The van der Waals surface area contributed by atoms with Gasteiger partial charge in [0.1, 0.15) is 0 Å². The average molecular weight is 314 g/mol. The maximum Gasteiger partial charge on any atom is 0.0847 e. The minimum Gasteiger partial charge on any atom is -0.377 e. The number of hydrogen-bond acceptors (Lipinski definition) is 5. The van der Waals surface area contributed by atoms with Gasteiger partial charge in [0.05, 0.1) is 17.2 Å². The maximum absolute atomic E-state index is 6.17. The zero-order valence-electron chi connectivity index (χ0n) is 13.2. The minimum absolute atomic E-state index is 0.0675. The van der Waals surface area contributed by atoms with Crippen molar-refractivity contribution in [3.05, 3.63) is 0 Å². The fourth-order valence-electron chi connectivity index (χ4n) is 4.72. The Balaban J connectivity index is 1.75. The summed E-state index contributed by atoms with van der Waals surface area (Å²) in [7, 11) is 1.87. The number of thioether (sulfide) groups is 1. The van der Waals surface area contributed by atoms with Gasteiger partial charge in [0.15, 0.2) is 0 Å². The molecule has 3 atom stereocenters. The van der Waals surface area contributed by atoms with E-state index in [0.29, 0.717) is 5.92 Å². The predicted molar refractivity (Wildman–Crippen MR) is 87.3 cm³/mol. The van der Waals surface area contributed by atoms with E-state index in [1.54, 1.807) is 0 Å². The molecule has 4 nitrogen and oxygen atoms in total. The van der Waals surface area contributed by atoms with Gasteiger partial charge in [0, 0.05) is 19.5 Å². The monoisotopic (exact) mass is 314 g/mol.